The van der Waals surface area contributed by atoms with Crippen molar-refractivity contribution in [1.29, 1.82) is 0 Å². The normalized spacial score (nSPS) is 11.9. The first-order valence-electron chi connectivity index (χ1n) is 8.64. The number of anilines is 1. The quantitative estimate of drug-likeness (QED) is 0.527. The number of ether oxygens (including phenoxy) is 1. The monoisotopic (exact) mass is 376 g/mol. The van der Waals surface area contributed by atoms with Crippen molar-refractivity contribution in [2.24, 2.45) is 7.05 Å². The van der Waals surface area contributed by atoms with Crippen LogP contribution in [0.2, 0.25) is 0 Å². The molecule has 2 aromatic carbocycles. The van der Waals surface area contributed by atoms with E-state index in [2.05, 4.69) is 33.5 Å². The maximum absolute atomic E-state index is 5.58. The summed E-state index contributed by atoms with van der Waals surface area (Å²) < 4.78 is 7.59. The lowest BCUT2D eigenvalue weighted by atomic mass is 10.1. The van der Waals surface area contributed by atoms with Crippen molar-refractivity contribution >= 4 is 16.5 Å². The number of imidazole rings is 1. The van der Waals surface area contributed by atoms with E-state index >= 15 is 0 Å². The molecule has 0 radical (unpaired) electrons. The standard InChI is InChI=1S/C21H20N4OS/c1-25-13-12-22-20(25)19(16-10-6-7-11-17(16)26-2)24-21-23-14-18(27-21)15-8-4-3-5-9-15/h3-14,19H,1-2H3,(H,23,24). The van der Waals surface area contributed by atoms with Crippen LogP contribution in [0.15, 0.2) is 73.2 Å². The number of nitrogens with zero attached hydrogens (tertiary/aromatic N) is 3. The Hall–Kier alpha value is -3.12. The van der Waals surface area contributed by atoms with Crippen molar-refractivity contribution in [2.45, 2.75) is 6.04 Å². The minimum absolute atomic E-state index is 0.170. The van der Waals surface area contributed by atoms with Gasteiger partial charge in [-0.15, -0.1) is 0 Å². The average Bonchev–Trinajstić information content (AvgIpc) is 3.36. The number of hydrogen-bond donors (Lipinski definition) is 1. The van der Waals surface area contributed by atoms with Crippen LogP contribution in [0.25, 0.3) is 10.4 Å². The molecule has 6 heteroatoms. The number of methoxy groups -OCH3 is 1. The summed E-state index contributed by atoms with van der Waals surface area (Å²) in [5, 5.41) is 4.39. The molecule has 2 heterocycles. The molecule has 0 spiro atoms. The zero-order chi connectivity index (χ0) is 18.6. The fourth-order valence-electron chi connectivity index (χ4n) is 3.04. The lowest BCUT2D eigenvalue weighted by molar-refractivity contribution is 0.408. The Morgan fingerprint density at radius 2 is 1.81 bits per heavy atom. The van der Waals surface area contributed by atoms with Crippen LogP contribution in [-0.2, 0) is 7.05 Å². The largest absolute Gasteiger partial charge is 0.496 e. The van der Waals surface area contributed by atoms with Crippen molar-refractivity contribution in [3.05, 3.63) is 84.6 Å². The molecule has 1 unspecified atom stereocenters. The Morgan fingerprint density at radius 1 is 1.04 bits per heavy atom. The molecule has 4 rings (SSSR count). The molecule has 27 heavy (non-hydrogen) atoms. The first-order valence-corrected chi connectivity index (χ1v) is 9.46. The number of rotatable bonds is 6. The first-order chi connectivity index (χ1) is 13.3. The van der Waals surface area contributed by atoms with Gasteiger partial charge >= 0.3 is 0 Å². The average molecular weight is 376 g/mol. The molecule has 1 N–H and O–H groups in total. The van der Waals surface area contributed by atoms with Gasteiger partial charge in [0, 0.05) is 31.2 Å². The van der Waals surface area contributed by atoms with Crippen LogP contribution in [0.5, 0.6) is 5.75 Å². The van der Waals surface area contributed by atoms with Gasteiger partial charge in [-0.1, -0.05) is 59.9 Å². The van der Waals surface area contributed by atoms with Gasteiger partial charge in [-0.25, -0.2) is 9.97 Å². The number of para-hydroxylation sites is 1. The summed E-state index contributed by atoms with van der Waals surface area (Å²) in [5.74, 6) is 1.72. The van der Waals surface area contributed by atoms with E-state index in [1.54, 1.807) is 24.6 Å². The second-order valence-electron chi connectivity index (χ2n) is 6.11. The van der Waals surface area contributed by atoms with Crippen LogP contribution in [0, 0.1) is 0 Å². The Kier molecular flexibility index (Phi) is 4.89. The lowest BCUT2D eigenvalue weighted by Crippen LogP contribution is -2.17. The van der Waals surface area contributed by atoms with E-state index in [1.807, 2.05) is 60.4 Å². The second kappa shape index (κ2) is 7.63. The molecule has 0 amide bonds. The number of aryl methyl sites for hydroxylation is 1. The second-order valence-corrected chi connectivity index (χ2v) is 7.14. The number of hydrogen-bond acceptors (Lipinski definition) is 5. The third-order valence-electron chi connectivity index (χ3n) is 4.40. The highest BCUT2D eigenvalue weighted by atomic mass is 32.1. The van der Waals surface area contributed by atoms with E-state index in [0.29, 0.717) is 0 Å². The van der Waals surface area contributed by atoms with Gasteiger partial charge in [-0.05, 0) is 11.6 Å². The molecule has 2 aromatic heterocycles. The zero-order valence-corrected chi connectivity index (χ0v) is 16.0. The van der Waals surface area contributed by atoms with Crippen LogP contribution in [0.3, 0.4) is 0 Å². The van der Waals surface area contributed by atoms with Crippen LogP contribution in [0.4, 0.5) is 5.13 Å². The molecule has 4 aromatic rings. The zero-order valence-electron chi connectivity index (χ0n) is 15.2. The predicted octanol–water partition coefficient (Wildman–Crippen LogP) is 4.75. The molecule has 5 nitrogen and oxygen atoms in total. The molecule has 0 aliphatic carbocycles. The number of benzene rings is 2. The van der Waals surface area contributed by atoms with Crippen molar-refractivity contribution in [1.82, 2.24) is 14.5 Å². The molecule has 1 atom stereocenters. The minimum Gasteiger partial charge on any atom is -0.496 e. The van der Waals surface area contributed by atoms with Gasteiger partial charge in [0.25, 0.3) is 0 Å². The van der Waals surface area contributed by atoms with E-state index in [-0.39, 0.29) is 6.04 Å². The summed E-state index contributed by atoms with van der Waals surface area (Å²) in [5.41, 5.74) is 2.18. The lowest BCUT2D eigenvalue weighted by Gasteiger charge is -2.20. The summed E-state index contributed by atoms with van der Waals surface area (Å²) in [4.78, 5) is 10.3. The van der Waals surface area contributed by atoms with E-state index in [1.165, 1.54) is 0 Å². The Labute approximate surface area is 162 Å². The van der Waals surface area contributed by atoms with E-state index < -0.39 is 0 Å². The van der Waals surface area contributed by atoms with Crippen LogP contribution in [0.1, 0.15) is 17.4 Å². The smallest absolute Gasteiger partial charge is 0.184 e. The number of aromatic nitrogens is 3. The van der Waals surface area contributed by atoms with Gasteiger partial charge in [-0.3, -0.25) is 0 Å². The fraction of sp³-hybridized carbons (Fsp3) is 0.143. The molecular formula is C21H20N4OS. The molecule has 136 valence electrons. The summed E-state index contributed by atoms with van der Waals surface area (Å²) in [6.07, 6.45) is 5.65. The third-order valence-corrected chi connectivity index (χ3v) is 5.38. The van der Waals surface area contributed by atoms with Gasteiger partial charge in [0.1, 0.15) is 17.6 Å². The topological polar surface area (TPSA) is 52.0 Å². The highest BCUT2D eigenvalue weighted by Gasteiger charge is 2.23. The van der Waals surface area contributed by atoms with Gasteiger partial charge in [0.05, 0.1) is 12.0 Å². The molecule has 0 saturated carbocycles. The van der Waals surface area contributed by atoms with Crippen molar-refractivity contribution in [3.63, 3.8) is 0 Å². The highest BCUT2D eigenvalue weighted by molar-refractivity contribution is 7.18. The molecule has 0 bridgehead atoms. The highest BCUT2D eigenvalue weighted by Crippen LogP contribution is 2.35. The molecule has 0 saturated heterocycles. The van der Waals surface area contributed by atoms with Crippen molar-refractivity contribution < 1.29 is 4.74 Å². The SMILES string of the molecule is COc1ccccc1C(Nc1ncc(-c2ccccc2)s1)c1nccn1C. The number of nitrogens with one attached hydrogen (secondary N) is 1. The number of thiazole rings is 1. The predicted molar refractivity (Wildman–Crippen MR) is 109 cm³/mol. The molecule has 0 aliphatic heterocycles. The first kappa shape index (κ1) is 17.3. The van der Waals surface area contributed by atoms with Crippen molar-refractivity contribution in [3.8, 4) is 16.2 Å². The van der Waals surface area contributed by atoms with Gasteiger partial charge in [0.15, 0.2) is 5.13 Å². The Balaban J connectivity index is 1.71. The van der Waals surface area contributed by atoms with Crippen LogP contribution in [-0.4, -0.2) is 21.6 Å². The maximum Gasteiger partial charge on any atom is 0.184 e. The van der Waals surface area contributed by atoms with Crippen molar-refractivity contribution in [2.75, 3.05) is 12.4 Å². The summed E-state index contributed by atoms with van der Waals surface area (Å²) in [7, 11) is 3.68. The van der Waals surface area contributed by atoms with Gasteiger partial charge < -0.3 is 14.6 Å². The maximum atomic E-state index is 5.58. The van der Waals surface area contributed by atoms with Gasteiger partial charge in [0.2, 0.25) is 0 Å². The molecule has 0 aliphatic rings. The minimum atomic E-state index is -0.170. The van der Waals surface area contributed by atoms with Crippen LogP contribution >= 0.6 is 11.3 Å². The van der Waals surface area contributed by atoms with Crippen LogP contribution < -0.4 is 10.1 Å². The molecular weight excluding hydrogens is 356 g/mol. The third kappa shape index (κ3) is 3.57. The Bertz CT molecular complexity index is 1030. The van der Waals surface area contributed by atoms with E-state index in [9.17, 15) is 0 Å². The fourth-order valence-corrected chi connectivity index (χ4v) is 3.89. The molecule has 0 fully saturated rings. The van der Waals surface area contributed by atoms with E-state index in [0.717, 1.165) is 32.7 Å². The summed E-state index contributed by atoms with van der Waals surface area (Å²) in [6.45, 7) is 0. The van der Waals surface area contributed by atoms with Gasteiger partial charge in [-0.2, -0.15) is 0 Å². The summed E-state index contributed by atoms with van der Waals surface area (Å²) in [6, 6.07) is 18.1. The Morgan fingerprint density at radius 3 is 2.56 bits per heavy atom. The van der Waals surface area contributed by atoms with E-state index in [4.69, 9.17) is 4.74 Å². The summed E-state index contributed by atoms with van der Waals surface area (Å²) >= 11 is 1.63.